The number of nitrogens with zero attached hydrogens (tertiary/aromatic N) is 3. The van der Waals surface area contributed by atoms with Crippen molar-refractivity contribution >= 4 is 21.8 Å². The molecule has 0 radical (unpaired) electrons. The van der Waals surface area contributed by atoms with Crippen LogP contribution in [0.3, 0.4) is 0 Å². The van der Waals surface area contributed by atoms with Crippen molar-refractivity contribution in [3.63, 3.8) is 0 Å². The lowest BCUT2D eigenvalue weighted by molar-refractivity contribution is 0.0753. The van der Waals surface area contributed by atoms with E-state index in [4.69, 9.17) is 0 Å². The van der Waals surface area contributed by atoms with Crippen molar-refractivity contribution in [2.24, 2.45) is 7.05 Å². The van der Waals surface area contributed by atoms with E-state index in [0.717, 1.165) is 42.8 Å². The first-order chi connectivity index (χ1) is 8.08. The maximum absolute atomic E-state index is 12.4. The van der Waals surface area contributed by atoms with Crippen molar-refractivity contribution in [3.8, 4) is 0 Å². The summed E-state index contributed by atoms with van der Waals surface area (Å²) in [5, 5.41) is 0. The molecule has 0 atom stereocenters. The van der Waals surface area contributed by atoms with E-state index in [1.165, 1.54) is 0 Å². The summed E-state index contributed by atoms with van der Waals surface area (Å²) in [5.74, 6) is 0.133. The van der Waals surface area contributed by atoms with Crippen LogP contribution in [0.4, 0.5) is 0 Å². The molecule has 1 fully saturated rings. The molecule has 2 rings (SSSR count). The van der Waals surface area contributed by atoms with Crippen molar-refractivity contribution in [2.45, 2.75) is 6.42 Å². The van der Waals surface area contributed by atoms with Crippen LogP contribution in [0.1, 0.15) is 16.9 Å². The molecule has 1 aromatic heterocycles. The summed E-state index contributed by atoms with van der Waals surface area (Å²) in [6, 6.07) is 1.89. The highest BCUT2D eigenvalue weighted by molar-refractivity contribution is 9.10. The first kappa shape index (κ1) is 12.6. The maximum Gasteiger partial charge on any atom is 0.270 e. The molecule has 1 aliphatic heterocycles. The Bertz CT molecular complexity index is 416. The minimum Gasteiger partial charge on any atom is -0.345 e. The number of halogens is 1. The number of hydrogen-bond donors (Lipinski definition) is 0. The molecule has 1 aliphatic rings. The number of carbonyl (C=O) groups excluding carboxylic acids is 1. The predicted molar refractivity (Wildman–Crippen MR) is 71.1 cm³/mol. The molecular weight excluding hydrogens is 282 g/mol. The second-order valence-electron chi connectivity index (χ2n) is 4.60. The van der Waals surface area contributed by atoms with Crippen LogP contribution in [0.5, 0.6) is 0 Å². The molecule has 1 amide bonds. The molecule has 5 heteroatoms. The molecule has 2 heterocycles. The predicted octanol–water partition coefficient (Wildman–Crippen LogP) is 1.57. The monoisotopic (exact) mass is 299 g/mol. The van der Waals surface area contributed by atoms with Crippen LogP contribution in [-0.2, 0) is 7.05 Å². The Morgan fingerprint density at radius 2 is 2.00 bits per heavy atom. The van der Waals surface area contributed by atoms with Gasteiger partial charge in [-0.05, 0) is 42.0 Å². The largest absolute Gasteiger partial charge is 0.345 e. The van der Waals surface area contributed by atoms with Gasteiger partial charge in [0.1, 0.15) is 5.69 Å². The number of rotatable bonds is 1. The zero-order valence-corrected chi connectivity index (χ0v) is 11.9. The van der Waals surface area contributed by atoms with Gasteiger partial charge in [-0.2, -0.15) is 0 Å². The fourth-order valence-corrected chi connectivity index (χ4v) is 2.67. The van der Waals surface area contributed by atoms with E-state index in [1.54, 1.807) is 0 Å². The quantitative estimate of drug-likeness (QED) is 0.787. The Labute approximate surface area is 110 Å². The van der Waals surface area contributed by atoms with E-state index in [0.29, 0.717) is 0 Å². The highest BCUT2D eigenvalue weighted by atomic mass is 79.9. The third-order valence-electron chi connectivity index (χ3n) is 3.20. The lowest BCUT2D eigenvalue weighted by Crippen LogP contribution is -2.35. The van der Waals surface area contributed by atoms with Crippen molar-refractivity contribution in [2.75, 3.05) is 33.2 Å². The van der Waals surface area contributed by atoms with E-state index in [9.17, 15) is 4.79 Å². The molecule has 1 saturated heterocycles. The number of likely N-dealkylation sites (N-methyl/N-ethyl adjacent to an activating group) is 1. The van der Waals surface area contributed by atoms with Crippen LogP contribution in [-0.4, -0.2) is 53.5 Å². The van der Waals surface area contributed by atoms with Gasteiger partial charge < -0.3 is 14.4 Å². The van der Waals surface area contributed by atoms with Gasteiger partial charge in [-0.3, -0.25) is 4.79 Å². The topological polar surface area (TPSA) is 28.5 Å². The summed E-state index contributed by atoms with van der Waals surface area (Å²) >= 11 is 3.40. The van der Waals surface area contributed by atoms with Crippen molar-refractivity contribution < 1.29 is 4.79 Å². The summed E-state index contributed by atoms with van der Waals surface area (Å²) in [6.45, 7) is 3.70. The lowest BCUT2D eigenvalue weighted by atomic mass is 10.3. The number of amides is 1. The van der Waals surface area contributed by atoms with Gasteiger partial charge >= 0.3 is 0 Å². The molecule has 4 nitrogen and oxygen atoms in total. The van der Waals surface area contributed by atoms with Gasteiger partial charge in [0.25, 0.3) is 5.91 Å². The molecule has 0 saturated carbocycles. The molecule has 0 bridgehead atoms. The van der Waals surface area contributed by atoms with Gasteiger partial charge in [-0.1, -0.05) is 0 Å². The molecule has 0 unspecified atom stereocenters. The Balaban J connectivity index is 2.11. The lowest BCUT2D eigenvalue weighted by Gasteiger charge is -2.20. The van der Waals surface area contributed by atoms with Crippen LogP contribution >= 0.6 is 15.9 Å². The zero-order valence-electron chi connectivity index (χ0n) is 10.3. The van der Waals surface area contributed by atoms with Crippen LogP contribution in [0.2, 0.25) is 0 Å². The minimum absolute atomic E-state index is 0.133. The molecule has 94 valence electrons. The molecule has 1 aromatic rings. The van der Waals surface area contributed by atoms with Crippen LogP contribution < -0.4 is 0 Å². The third-order valence-corrected chi connectivity index (χ3v) is 3.63. The highest BCUT2D eigenvalue weighted by Crippen LogP contribution is 2.16. The highest BCUT2D eigenvalue weighted by Gasteiger charge is 2.21. The smallest absolute Gasteiger partial charge is 0.270 e. The summed E-state index contributed by atoms with van der Waals surface area (Å²) in [4.78, 5) is 16.6. The zero-order chi connectivity index (χ0) is 12.4. The second kappa shape index (κ2) is 5.23. The first-order valence-electron chi connectivity index (χ1n) is 5.87. The molecule has 0 spiro atoms. The minimum atomic E-state index is 0.133. The number of aryl methyl sites for hydroxylation is 1. The van der Waals surface area contributed by atoms with Gasteiger partial charge in [0, 0.05) is 37.4 Å². The van der Waals surface area contributed by atoms with Gasteiger partial charge in [-0.25, -0.2) is 0 Å². The van der Waals surface area contributed by atoms with Crippen molar-refractivity contribution in [1.29, 1.82) is 0 Å². The van der Waals surface area contributed by atoms with Gasteiger partial charge in [0.2, 0.25) is 0 Å². The van der Waals surface area contributed by atoms with Crippen molar-refractivity contribution in [3.05, 3.63) is 22.4 Å². The average molecular weight is 300 g/mol. The van der Waals surface area contributed by atoms with Crippen LogP contribution in [0.25, 0.3) is 0 Å². The summed E-state index contributed by atoms with van der Waals surface area (Å²) in [6.07, 6.45) is 2.96. The van der Waals surface area contributed by atoms with Crippen molar-refractivity contribution in [1.82, 2.24) is 14.4 Å². The fourth-order valence-electron chi connectivity index (χ4n) is 2.15. The molecule has 0 N–H and O–H groups in total. The molecular formula is C12H18BrN3O. The normalized spacial score (nSPS) is 18.2. The van der Waals surface area contributed by atoms with E-state index in [1.807, 2.05) is 28.8 Å². The van der Waals surface area contributed by atoms with E-state index in [-0.39, 0.29) is 5.91 Å². The first-order valence-corrected chi connectivity index (χ1v) is 6.67. The molecule has 17 heavy (non-hydrogen) atoms. The molecule has 0 aromatic carbocycles. The summed E-state index contributed by atoms with van der Waals surface area (Å²) < 4.78 is 2.83. The Hall–Kier alpha value is -0.810. The third kappa shape index (κ3) is 2.90. The summed E-state index contributed by atoms with van der Waals surface area (Å²) in [7, 11) is 4.01. The molecule has 0 aliphatic carbocycles. The van der Waals surface area contributed by atoms with E-state index in [2.05, 4.69) is 27.9 Å². The van der Waals surface area contributed by atoms with Gasteiger partial charge in [-0.15, -0.1) is 0 Å². The SMILES string of the molecule is CN1CCCN(C(=O)c2cc(Br)cn2C)CC1. The van der Waals surface area contributed by atoms with E-state index < -0.39 is 0 Å². The van der Waals surface area contributed by atoms with E-state index >= 15 is 0 Å². The van der Waals surface area contributed by atoms with Gasteiger partial charge in [0.05, 0.1) is 0 Å². The standard InChI is InChI=1S/C12H18BrN3O/c1-14-4-3-5-16(7-6-14)12(17)11-8-10(13)9-15(11)2/h8-9H,3-7H2,1-2H3. The Morgan fingerprint density at radius 1 is 1.24 bits per heavy atom. The average Bonchev–Trinajstić information content (AvgIpc) is 2.49. The maximum atomic E-state index is 12.4. The van der Waals surface area contributed by atoms with Crippen LogP contribution in [0, 0.1) is 0 Å². The number of hydrogen-bond acceptors (Lipinski definition) is 2. The van der Waals surface area contributed by atoms with Gasteiger partial charge in [0.15, 0.2) is 0 Å². The number of carbonyl (C=O) groups is 1. The number of aromatic nitrogens is 1. The Kier molecular flexibility index (Phi) is 3.89. The second-order valence-corrected chi connectivity index (χ2v) is 5.52. The summed E-state index contributed by atoms with van der Waals surface area (Å²) in [5.41, 5.74) is 0.751. The van der Waals surface area contributed by atoms with Crippen LogP contribution in [0.15, 0.2) is 16.7 Å². The Morgan fingerprint density at radius 3 is 2.65 bits per heavy atom. The fraction of sp³-hybridized carbons (Fsp3) is 0.583.